The van der Waals surface area contributed by atoms with Crippen LogP contribution in [0.1, 0.15) is 16.7 Å². The number of hydrogen-bond donors (Lipinski definition) is 0. The number of nitrogens with zero attached hydrogens (tertiary/aromatic N) is 2. The highest BCUT2D eigenvalue weighted by atomic mass is 35.5. The van der Waals surface area contributed by atoms with Crippen molar-refractivity contribution in [2.75, 3.05) is 13.7 Å². The first-order chi connectivity index (χ1) is 17.4. The Morgan fingerprint density at radius 3 is 2.44 bits per heavy atom. The summed E-state index contributed by atoms with van der Waals surface area (Å²) >= 11 is 7.33. The fraction of sp³-hybridized carbons (Fsp3) is 0.154. The van der Waals surface area contributed by atoms with Gasteiger partial charge in [-0.05, 0) is 65.2 Å². The number of rotatable bonds is 9. The predicted molar refractivity (Wildman–Crippen MR) is 138 cm³/mol. The van der Waals surface area contributed by atoms with Crippen molar-refractivity contribution in [2.45, 2.75) is 13.0 Å². The number of amides is 2. The average Bonchev–Trinajstić information content (AvgIpc) is 3.14. The minimum absolute atomic E-state index is 0.0109. The zero-order chi connectivity index (χ0) is 25.7. The molecule has 10 heteroatoms. The predicted octanol–water partition coefficient (Wildman–Crippen LogP) is 6.11. The molecule has 2 amide bonds. The molecule has 0 atom stereocenters. The summed E-state index contributed by atoms with van der Waals surface area (Å²) in [6, 6.07) is 18.9. The van der Waals surface area contributed by atoms with E-state index in [0.717, 1.165) is 17.3 Å². The number of imide groups is 1. The number of carbonyl (C=O) groups excluding carboxylic acids is 2. The molecule has 3 aromatic carbocycles. The zero-order valence-corrected chi connectivity index (χ0v) is 20.8. The molecular weight excluding hydrogens is 504 g/mol. The molecule has 0 unspecified atom stereocenters. The van der Waals surface area contributed by atoms with E-state index in [4.69, 9.17) is 21.1 Å². The van der Waals surface area contributed by atoms with Crippen LogP contribution in [0.3, 0.4) is 0 Å². The Morgan fingerprint density at radius 2 is 1.78 bits per heavy atom. The molecule has 3 aromatic rings. The molecule has 1 fully saturated rings. The molecule has 1 heterocycles. The largest absolute Gasteiger partial charge is 0.493 e. The third-order valence-corrected chi connectivity index (χ3v) is 6.61. The lowest BCUT2D eigenvalue weighted by Crippen LogP contribution is -2.30. The average molecular weight is 525 g/mol. The van der Waals surface area contributed by atoms with Crippen LogP contribution in [0.15, 0.2) is 71.6 Å². The minimum atomic E-state index is -0.471. The van der Waals surface area contributed by atoms with Crippen molar-refractivity contribution in [1.82, 2.24) is 4.90 Å². The summed E-state index contributed by atoms with van der Waals surface area (Å²) in [5.74, 6) is 0.291. The van der Waals surface area contributed by atoms with Gasteiger partial charge in [-0.15, -0.1) is 0 Å². The van der Waals surface area contributed by atoms with E-state index in [9.17, 15) is 19.7 Å². The number of nitro groups is 1. The summed E-state index contributed by atoms with van der Waals surface area (Å²) in [6.07, 6.45) is 2.18. The van der Waals surface area contributed by atoms with Crippen molar-refractivity contribution >= 4 is 46.3 Å². The molecule has 8 nitrogen and oxygen atoms in total. The number of non-ortho nitro benzene ring substituents is 1. The van der Waals surface area contributed by atoms with Gasteiger partial charge in [0.25, 0.3) is 16.8 Å². The van der Waals surface area contributed by atoms with E-state index < -0.39 is 4.92 Å². The summed E-state index contributed by atoms with van der Waals surface area (Å²) in [5, 5.41) is 10.8. The second kappa shape index (κ2) is 11.3. The van der Waals surface area contributed by atoms with Crippen LogP contribution in [0.5, 0.6) is 11.5 Å². The number of benzene rings is 3. The molecule has 0 spiro atoms. The first-order valence-electron chi connectivity index (χ1n) is 10.9. The van der Waals surface area contributed by atoms with Gasteiger partial charge in [0.15, 0.2) is 11.5 Å². The molecule has 0 N–H and O–H groups in total. The molecule has 0 saturated carbocycles. The van der Waals surface area contributed by atoms with E-state index in [2.05, 4.69) is 0 Å². The van der Waals surface area contributed by atoms with Gasteiger partial charge in [0.05, 0.1) is 22.0 Å². The van der Waals surface area contributed by atoms with Gasteiger partial charge in [0.1, 0.15) is 6.61 Å². The normalized spacial score (nSPS) is 14.4. The van der Waals surface area contributed by atoms with Crippen LogP contribution in [0.2, 0.25) is 5.02 Å². The molecule has 4 rings (SSSR count). The Labute approximate surface area is 216 Å². The van der Waals surface area contributed by atoms with E-state index in [1.807, 2.05) is 30.3 Å². The molecule has 0 aromatic heterocycles. The summed E-state index contributed by atoms with van der Waals surface area (Å²) < 4.78 is 11.2. The third kappa shape index (κ3) is 5.87. The standard InChI is InChI=1S/C26H21ClN2O6S/c1-34-22-14-19(13-21(27)24(22)35-16-18-7-9-20(10-8-18)29(32)33)15-23-25(30)28(26(31)36-23)12-11-17-5-3-2-4-6-17/h2-10,13-15H,11-12,16H2,1H3/b23-15-. The maximum atomic E-state index is 12.9. The van der Waals surface area contributed by atoms with Crippen molar-refractivity contribution in [3.63, 3.8) is 0 Å². The molecule has 0 aliphatic carbocycles. The van der Waals surface area contributed by atoms with Crippen LogP contribution < -0.4 is 9.47 Å². The van der Waals surface area contributed by atoms with Crippen molar-refractivity contribution < 1.29 is 24.0 Å². The Bertz CT molecular complexity index is 1330. The number of nitro benzene ring substituents is 1. The minimum Gasteiger partial charge on any atom is -0.493 e. The second-order valence-corrected chi connectivity index (χ2v) is 9.22. The number of ether oxygens (including phenoxy) is 2. The van der Waals surface area contributed by atoms with Gasteiger partial charge < -0.3 is 9.47 Å². The fourth-order valence-electron chi connectivity index (χ4n) is 3.56. The fourth-order valence-corrected chi connectivity index (χ4v) is 4.70. The summed E-state index contributed by atoms with van der Waals surface area (Å²) in [5.41, 5.74) is 2.32. The van der Waals surface area contributed by atoms with Gasteiger partial charge in [0.2, 0.25) is 0 Å². The molecule has 1 aliphatic heterocycles. The van der Waals surface area contributed by atoms with Crippen molar-refractivity contribution in [3.8, 4) is 11.5 Å². The highest BCUT2D eigenvalue weighted by molar-refractivity contribution is 8.18. The smallest absolute Gasteiger partial charge is 0.293 e. The molecule has 1 aliphatic rings. The second-order valence-electron chi connectivity index (χ2n) is 7.82. The molecule has 0 radical (unpaired) electrons. The highest BCUT2D eigenvalue weighted by Crippen LogP contribution is 2.39. The maximum absolute atomic E-state index is 12.9. The first-order valence-corrected chi connectivity index (χ1v) is 12.1. The Hall–Kier alpha value is -3.82. The van der Waals surface area contributed by atoms with Gasteiger partial charge in [-0.3, -0.25) is 24.6 Å². The number of halogens is 1. The molecule has 36 heavy (non-hydrogen) atoms. The summed E-state index contributed by atoms with van der Waals surface area (Å²) in [7, 11) is 1.46. The van der Waals surface area contributed by atoms with Crippen LogP contribution >= 0.6 is 23.4 Å². The van der Waals surface area contributed by atoms with Crippen molar-refractivity contribution in [1.29, 1.82) is 0 Å². The van der Waals surface area contributed by atoms with Crippen LogP contribution in [-0.4, -0.2) is 34.6 Å². The zero-order valence-electron chi connectivity index (χ0n) is 19.2. The lowest BCUT2D eigenvalue weighted by molar-refractivity contribution is -0.384. The molecular formula is C26H21ClN2O6S. The third-order valence-electron chi connectivity index (χ3n) is 5.42. The van der Waals surface area contributed by atoms with Crippen LogP contribution in [0.25, 0.3) is 6.08 Å². The van der Waals surface area contributed by atoms with Crippen LogP contribution in [0.4, 0.5) is 10.5 Å². The van der Waals surface area contributed by atoms with Crippen molar-refractivity contribution in [2.24, 2.45) is 0 Å². The quantitative estimate of drug-likeness (QED) is 0.189. The van der Waals surface area contributed by atoms with Gasteiger partial charge >= 0.3 is 0 Å². The maximum Gasteiger partial charge on any atom is 0.293 e. The molecule has 184 valence electrons. The lowest BCUT2D eigenvalue weighted by Gasteiger charge is -2.14. The van der Waals surface area contributed by atoms with Gasteiger partial charge in [-0.2, -0.15) is 0 Å². The SMILES string of the molecule is COc1cc(/C=C2\SC(=O)N(CCc3ccccc3)C2=O)cc(Cl)c1OCc1ccc([N+](=O)[O-])cc1. The number of thioether (sulfide) groups is 1. The van der Waals surface area contributed by atoms with E-state index in [0.29, 0.717) is 40.5 Å². The van der Waals surface area contributed by atoms with Crippen LogP contribution in [0, 0.1) is 10.1 Å². The molecule has 0 bridgehead atoms. The van der Waals surface area contributed by atoms with E-state index >= 15 is 0 Å². The Balaban J connectivity index is 1.47. The number of carbonyl (C=O) groups is 2. The molecule has 1 saturated heterocycles. The van der Waals surface area contributed by atoms with E-state index in [1.165, 1.54) is 24.1 Å². The van der Waals surface area contributed by atoms with Gasteiger partial charge in [-0.1, -0.05) is 41.9 Å². The lowest BCUT2D eigenvalue weighted by atomic mass is 10.1. The topological polar surface area (TPSA) is 99.0 Å². The summed E-state index contributed by atoms with van der Waals surface area (Å²) in [6.45, 7) is 0.416. The highest BCUT2D eigenvalue weighted by Gasteiger charge is 2.34. The van der Waals surface area contributed by atoms with Crippen LogP contribution in [-0.2, 0) is 17.8 Å². The Morgan fingerprint density at radius 1 is 1.06 bits per heavy atom. The van der Waals surface area contributed by atoms with Gasteiger partial charge in [0, 0.05) is 18.7 Å². The number of methoxy groups -OCH3 is 1. The number of hydrogen-bond acceptors (Lipinski definition) is 7. The van der Waals surface area contributed by atoms with Crippen molar-refractivity contribution in [3.05, 3.63) is 103 Å². The summed E-state index contributed by atoms with van der Waals surface area (Å²) in [4.78, 5) is 37.2. The Kier molecular flexibility index (Phi) is 7.92. The van der Waals surface area contributed by atoms with E-state index in [-0.39, 0.29) is 28.5 Å². The monoisotopic (exact) mass is 524 g/mol. The van der Waals surface area contributed by atoms with Gasteiger partial charge in [-0.25, -0.2) is 0 Å². The first kappa shape index (κ1) is 25.3. The van der Waals surface area contributed by atoms with E-state index in [1.54, 1.807) is 30.3 Å².